The minimum absolute atomic E-state index is 0.00268. The number of non-ortho nitro benzene ring substituents is 1. The van der Waals surface area contributed by atoms with Crippen LogP contribution in [0.2, 0.25) is 0 Å². The molecule has 0 saturated heterocycles. The van der Waals surface area contributed by atoms with Crippen LogP contribution in [0.3, 0.4) is 0 Å². The minimum atomic E-state index is -0.455. The fraction of sp³-hybridized carbons (Fsp3) is 0. The number of nitrogens with zero attached hydrogens (tertiary/aromatic N) is 5. The highest BCUT2D eigenvalue weighted by Gasteiger charge is 2.09. The monoisotopic (exact) mass is 299 g/mol. The first kappa shape index (κ1) is 13.4. The number of rotatable bonds is 5. The molecule has 0 aliphatic heterocycles. The summed E-state index contributed by atoms with van der Waals surface area (Å²) < 4.78 is 5.55. The van der Waals surface area contributed by atoms with Crippen molar-refractivity contribution in [2.75, 3.05) is 5.43 Å². The Balaban J connectivity index is 1.74. The smallest absolute Gasteiger partial charge is 0.283 e. The molecule has 1 aromatic carbocycles. The van der Waals surface area contributed by atoms with Crippen LogP contribution in [0.4, 0.5) is 11.6 Å². The molecule has 110 valence electrons. The van der Waals surface area contributed by atoms with Gasteiger partial charge in [0.2, 0.25) is 0 Å². The number of nitrogens with one attached hydrogen (secondary N) is 2. The Hall–Kier alpha value is -3.56. The van der Waals surface area contributed by atoms with E-state index in [0.717, 1.165) is 0 Å². The first-order chi connectivity index (χ1) is 10.7. The van der Waals surface area contributed by atoms with Gasteiger partial charge in [-0.25, -0.2) is 5.43 Å². The molecule has 22 heavy (non-hydrogen) atoms. The van der Waals surface area contributed by atoms with Crippen molar-refractivity contribution in [1.82, 2.24) is 20.6 Å². The van der Waals surface area contributed by atoms with Gasteiger partial charge in [0.25, 0.3) is 11.6 Å². The van der Waals surface area contributed by atoms with E-state index in [-0.39, 0.29) is 11.6 Å². The molecule has 10 nitrogen and oxygen atoms in total. The Bertz CT molecular complexity index is 810. The van der Waals surface area contributed by atoms with Crippen LogP contribution in [-0.4, -0.2) is 31.8 Å². The van der Waals surface area contributed by atoms with Crippen LogP contribution in [-0.2, 0) is 0 Å². The average molecular weight is 299 g/mol. The summed E-state index contributed by atoms with van der Waals surface area (Å²) in [7, 11) is 0. The van der Waals surface area contributed by atoms with Crippen molar-refractivity contribution >= 4 is 17.9 Å². The topological polar surface area (TPSA) is 135 Å². The van der Waals surface area contributed by atoms with E-state index >= 15 is 0 Å². The fourth-order valence-corrected chi connectivity index (χ4v) is 1.71. The number of nitro groups is 1. The van der Waals surface area contributed by atoms with E-state index in [9.17, 15) is 10.1 Å². The van der Waals surface area contributed by atoms with E-state index in [1.807, 2.05) is 0 Å². The van der Waals surface area contributed by atoms with Gasteiger partial charge in [-0.05, 0) is 17.3 Å². The third-order valence-corrected chi connectivity index (χ3v) is 2.67. The molecule has 2 N–H and O–H groups in total. The zero-order chi connectivity index (χ0) is 15.4. The summed E-state index contributed by atoms with van der Waals surface area (Å²) in [6.07, 6.45) is 1.43. The third-order valence-electron chi connectivity index (χ3n) is 2.67. The molecule has 3 rings (SSSR count). The van der Waals surface area contributed by atoms with Crippen molar-refractivity contribution < 1.29 is 9.34 Å². The van der Waals surface area contributed by atoms with Gasteiger partial charge >= 0.3 is 0 Å². The molecule has 0 atom stereocenters. The molecular weight excluding hydrogens is 290 g/mol. The molecule has 0 fully saturated rings. The van der Waals surface area contributed by atoms with E-state index in [1.165, 1.54) is 18.3 Å². The maximum atomic E-state index is 10.8. The lowest BCUT2D eigenvalue weighted by atomic mass is 10.1. The standard InChI is InChI=1S/C12H9N7O3/c20-19(21)9-3-1-2-8(6-9)11-5-4-10(22-11)7-13-14-12-15-17-18-16-12/h1-7H,(H2,14,15,16,17,18)/b13-7-. The normalized spacial score (nSPS) is 10.9. The summed E-state index contributed by atoms with van der Waals surface area (Å²) in [5.41, 5.74) is 3.16. The molecule has 0 aliphatic rings. The number of aromatic nitrogens is 4. The van der Waals surface area contributed by atoms with Gasteiger partial charge < -0.3 is 4.42 Å². The second-order valence-electron chi connectivity index (χ2n) is 4.11. The number of aromatic amines is 1. The zero-order valence-corrected chi connectivity index (χ0v) is 11.0. The highest BCUT2D eigenvalue weighted by atomic mass is 16.6. The zero-order valence-electron chi connectivity index (χ0n) is 11.0. The van der Waals surface area contributed by atoms with Crippen LogP contribution in [0.15, 0.2) is 45.9 Å². The second-order valence-corrected chi connectivity index (χ2v) is 4.11. The number of H-pyrrole nitrogens is 1. The highest BCUT2D eigenvalue weighted by Crippen LogP contribution is 2.25. The van der Waals surface area contributed by atoms with Gasteiger partial charge in [-0.3, -0.25) is 10.1 Å². The van der Waals surface area contributed by atoms with E-state index in [0.29, 0.717) is 17.1 Å². The van der Waals surface area contributed by atoms with Crippen molar-refractivity contribution in [2.24, 2.45) is 5.10 Å². The summed E-state index contributed by atoms with van der Waals surface area (Å²) in [5.74, 6) is 1.20. The fourth-order valence-electron chi connectivity index (χ4n) is 1.71. The van der Waals surface area contributed by atoms with Gasteiger partial charge in [0.15, 0.2) is 0 Å². The number of furan rings is 1. The number of tetrazole rings is 1. The molecule has 0 radical (unpaired) electrons. The maximum absolute atomic E-state index is 10.8. The van der Waals surface area contributed by atoms with Gasteiger partial charge in [-0.15, -0.1) is 5.10 Å². The lowest BCUT2D eigenvalue weighted by Gasteiger charge is -1.96. The van der Waals surface area contributed by atoms with Gasteiger partial charge in [0, 0.05) is 17.7 Å². The van der Waals surface area contributed by atoms with Gasteiger partial charge in [0.05, 0.1) is 11.1 Å². The lowest BCUT2D eigenvalue weighted by molar-refractivity contribution is -0.384. The van der Waals surface area contributed by atoms with E-state index in [4.69, 9.17) is 4.42 Å². The number of benzene rings is 1. The summed E-state index contributed by atoms with van der Waals surface area (Å²) in [6, 6.07) is 9.58. The molecule has 10 heteroatoms. The Morgan fingerprint density at radius 1 is 1.36 bits per heavy atom. The quantitative estimate of drug-likeness (QED) is 0.416. The summed E-state index contributed by atoms with van der Waals surface area (Å²) in [5, 5.41) is 27.6. The lowest BCUT2D eigenvalue weighted by Crippen LogP contribution is -1.91. The van der Waals surface area contributed by atoms with E-state index in [2.05, 4.69) is 31.2 Å². The molecule has 0 unspecified atom stereocenters. The molecule has 2 heterocycles. The summed E-state index contributed by atoms with van der Waals surface area (Å²) >= 11 is 0. The van der Waals surface area contributed by atoms with Gasteiger partial charge in [0.1, 0.15) is 11.5 Å². The minimum Gasteiger partial charge on any atom is -0.455 e. The molecule has 0 saturated carbocycles. The van der Waals surface area contributed by atoms with E-state index in [1.54, 1.807) is 24.3 Å². The molecule has 0 amide bonds. The molecule has 0 aliphatic carbocycles. The largest absolute Gasteiger partial charge is 0.455 e. The first-order valence-corrected chi connectivity index (χ1v) is 6.09. The van der Waals surface area contributed by atoms with Crippen molar-refractivity contribution in [1.29, 1.82) is 0 Å². The molecular formula is C12H9N7O3. The van der Waals surface area contributed by atoms with Crippen LogP contribution in [0, 0.1) is 10.1 Å². The number of anilines is 1. The van der Waals surface area contributed by atoms with Crippen LogP contribution in [0.1, 0.15) is 5.76 Å². The SMILES string of the molecule is O=[N+]([O-])c1cccc(-c2ccc(/C=N\Nc3nn[nH]n3)o2)c1. The number of hydrogen-bond acceptors (Lipinski definition) is 8. The summed E-state index contributed by atoms with van der Waals surface area (Å²) in [6.45, 7) is 0. The Morgan fingerprint density at radius 3 is 3.05 bits per heavy atom. The molecule has 2 aromatic heterocycles. The van der Waals surface area contributed by atoms with Gasteiger partial charge in [-0.1, -0.05) is 17.2 Å². The Morgan fingerprint density at radius 2 is 2.27 bits per heavy atom. The van der Waals surface area contributed by atoms with Crippen LogP contribution < -0.4 is 5.43 Å². The highest BCUT2D eigenvalue weighted by molar-refractivity contribution is 5.78. The van der Waals surface area contributed by atoms with Crippen LogP contribution in [0.25, 0.3) is 11.3 Å². The average Bonchev–Trinajstić information content (AvgIpc) is 3.19. The predicted octanol–water partition coefficient (Wildman–Crippen LogP) is 1.81. The van der Waals surface area contributed by atoms with Crippen LogP contribution in [0.5, 0.6) is 0 Å². The van der Waals surface area contributed by atoms with Crippen molar-refractivity contribution in [3.63, 3.8) is 0 Å². The Labute approximate surface area is 123 Å². The van der Waals surface area contributed by atoms with Crippen molar-refractivity contribution in [2.45, 2.75) is 0 Å². The van der Waals surface area contributed by atoms with Crippen LogP contribution >= 0.6 is 0 Å². The van der Waals surface area contributed by atoms with Crippen molar-refractivity contribution in [3.05, 3.63) is 52.3 Å². The first-order valence-electron chi connectivity index (χ1n) is 6.09. The molecule has 3 aromatic rings. The third kappa shape index (κ3) is 2.95. The van der Waals surface area contributed by atoms with Crippen molar-refractivity contribution in [3.8, 4) is 11.3 Å². The van der Waals surface area contributed by atoms with Gasteiger partial charge in [-0.2, -0.15) is 10.3 Å². The second kappa shape index (κ2) is 5.83. The Kier molecular flexibility index (Phi) is 3.56. The maximum Gasteiger partial charge on any atom is 0.283 e. The van der Waals surface area contributed by atoms with E-state index < -0.39 is 4.92 Å². The summed E-state index contributed by atoms with van der Waals surface area (Å²) in [4.78, 5) is 10.3. The molecule has 0 spiro atoms. The predicted molar refractivity (Wildman–Crippen MR) is 76.2 cm³/mol. The molecule has 0 bridgehead atoms. The number of hydrazone groups is 1. The number of hydrogen-bond donors (Lipinski definition) is 2. The number of nitro benzene ring substituents is 1.